The average molecular weight is 461 g/mol. The van der Waals surface area contributed by atoms with E-state index in [0.29, 0.717) is 35.8 Å². The van der Waals surface area contributed by atoms with Crippen molar-refractivity contribution in [3.8, 4) is 17.2 Å². The standard InChI is InChI=1S/C23H28N2O6S/c1-29-19-12-11-18(16-21(19)32(27,28)25-14-5-4-6-15-25)24-22(26)13-10-17-8-7-9-20(30-2)23(17)31-3/h7-13,16H,4-6,14-15H2,1-3H3,(H,24,26). The maximum atomic E-state index is 13.1. The van der Waals surface area contributed by atoms with Crippen LogP contribution in [-0.4, -0.2) is 53.0 Å². The number of piperidine rings is 1. The predicted octanol–water partition coefficient (Wildman–Crippen LogP) is 3.54. The first-order chi connectivity index (χ1) is 15.4. The minimum Gasteiger partial charge on any atom is -0.495 e. The summed E-state index contributed by atoms with van der Waals surface area (Å²) in [6, 6.07) is 9.92. The lowest BCUT2D eigenvalue weighted by atomic mass is 10.1. The van der Waals surface area contributed by atoms with E-state index in [0.717, 1.165) is 19.3 Å². The van der Waals surface area contributed by atoms with Crippen molar-refractivity contribution in [1.29, 1.82) is 0 Å². The molecule has 1 N–H and O–H groups in total. The summed E-state index contributed by atoms with van der Waals surface area (Å²) >= 11 is 0. The highest BCUT2D eigenvalue weighted by atomic mass is 32.2. The van der Waals surface area contributed by atoms with Crippen LogP contribution in [0.15, 0.2) is 47.4 Å². The molecule has 1 aliphatic rings. The van der Waals surface area contributed by atoms with Gasteiger partial charge in [0, 0.05) is 30.4 Å². The lowest BCUT2D eigenvalue weighted by Gasteiger charge is -2.26. The maximum absolute atomic E-state index is 13.1. The van der Waals surface area contributed by atoms with Crippen LogP contribution in [0.5, 0.6) is 17.2 Å². The van der Waals surface area contributed by atoms with Crippen LogP contribution in [0.3, 0.4) is 0 Å². The second-order valence-electron chi connectivity index (χ2n) is 7.24. The fourth-order valence-electron chi connectivity index (χ4n) is 3.59. The molecule has 172 valence electrons. The summed E-state index contributed by atoms with van der Waals surface area (Å²) in [5.74, 6) is 0.891. The van der Waals surface area contributed by atoms with Crippen LogP contribution in [0, 0.1) is 0 Å². The molecule has 0 aromatic heterocycles. The molecule has 1 amide bonds. The zero-order valence-corrected chi connectivity index (χ0v) is 19.3. The molecule has 0 spiro atoms. The Morgan fingerprint density at radius 3 is 2.34 bits per heavy atom. The Morgan fingerprint density at radius 1 is 0.969 bits per heavy atom. The molecular formula is C23H28N2O6S. The molecular weight excluding hydrogens is 432 g/mol. The van der Waals surface area contributed by atoms with E-state index >= 15 is 0 Å². The quantitative estimate of drug-likeness (QED) is 0.606. The number of para-hydroxylation sites is 1. The van der Waals surface area contributed by atoms with Gasteiger partial charge in [-0.25, -0.2) is 8.42 Å². The van der Waals surface area contributed by atoms with Crippen LogP contribution < -0.4 is 19.5 Å². The Kier molecular flexibility index (Phi) is 7.76. The lowest BCUT2D eigenvalue weighted by Crippen LogP contribution is -2.35. The molecule has 0 radical (unpaired) electrons. The second kappa shape index (κ2) is 10.5. The van der Waals surface area contributed by atoms with Crippen molar-refractivity contribution in [3.05, 3.63) is 48.0 Å². The third-order valence-corrected chi connectivity index (χ3v) is 7.13. The number of carbonyl (C=O) groups excluding carboxylic acids is 1. The van der Waals surface area contributed by atoms with Gasteiger partial charge < -0.3 is 19.5 Å². The van der Waals surface area contributed by atoms with Crippen molar-refractivity contribution < 1.29 is 27.4 Å². The minimum absolute atomic E-state index is 0.0399. The van der Waals surface area contributed by atoms with E-state index in [1.54, 1.807) is 36.4 Å². The number of ether oxygens (including phenoxy) is 3. The highest BCUT2D eigenvalue weighted by molar-refractivity contribution is 7.89. The second-order valence-corrected chi connectivity index (χ2v) is 9.14. The van der Waals surface area contributed by atoms with Gasteiger partial charge >= 0.3 is 0 Å². The Labute approximate surface area is 188 Å². The Balaban J connectivity index is 1.82. The Morgan fingerprint density at radius 2 is 1.69 bits per heavy atom. The number of benzene rings is 2. The molecule has 8 nitrogen and oxygen atoms in total. The average Bonchev–Trinajstić information content (AvgIpc) is 2.82. The van der Waals surface area contributed by atoms with Gasteiger partial charge in [-0.3, -0.25) is 4.79 Å². The summed E-state index contributed by atoms with van der Waals surface area (Å²) in [7, 11) is 0.761. The van der Waals surface area contributed by atoms with Gasteiger partial charge in [-0.05, 0) is 43.2 Å². The molecule has 1 heterocycles. The molecule has 32 heavy (non-hydrogen) atoms. The van der Waals surface area contributed by atoms with Gasteiger partial charge in [0.25, 0.3) is 0 Å². The number of carbonyl (C=O) groups is 1. The fraction of sp³-hybridized carbons (Fsp3) is 0.348. The summed E-state index contributed by atoms with van der Waals surface area (Å²) in [6.07, 6.45) is 5.63. The van der Waals surface area contributed by atoms with Crippen LogP contribution in [0.1, 0.15) is 24.8 Å². The Hall–Kier alpha value is -3.04. The van der Waals surface area contributed by atoms with Crippen molar-refractivity contribution in [2.75, 3.05) is 39.7 Å². The van der Waals surface area contributed by atoms with Crippen LogP contribution in [0.25, 0.3) is 6.08 Å². The molecule has 3 rings (SSSR count). The van der Waals surface area contributed by atoms with Crippen molar-refractivity contribution in [1.82, 2.24) is 4.31 Å². The summed E-state index contributed by atoms with van der Waals surface area (Å²) in [4.78, 5) is 12.5. The highest BCUT2D eigenvalue weighted by Crippen LogP contribution is 2.32. The molecule has 9 heteroatoms. The minimum atomic E-state index is -3.73. The van der Waals surface area contributed by atoms with E-state index in [1.807, 2.05) is 0 Å². The number of rotatable bonds is 8. The lowest BCUT2D eigenvalue weighted by molar-refractivity contribution is -0.111. The molecule has 0 bridgehead atoms. The monoisotopic (exact) mass is 460 g/mol. The van der Waals surface area contributed by atoms with Crippen LogP contribution in [-0.2, 0) is 14.8 Å². The van der Waals surface area contributed by atoms with E-state index in [9.17, 15) is 13.2 Å². The summed E-state index contributed by atoms with van der Waals surface area (Å²) in [5, 5.41) is 2.71. The highest BCUT2D eigenvalue weighted by Gasteiger charge is 2.29. The summed E-state index contributed by atoms with van der Waals surface area (Å²) in [5.41, 5.74) is 1.03. The fourth-order valence-corrected chi connectivity index (χ4v) is 5.29. The van der Waals surface area contributed by atoms with Gasteiger partial charge in [0.1, 0.15) is 10.6 Å². The smallest absolute Gasteiger partial charge is 0.248 e. The number of anilines is 1. The SMILES string of the molecule is COc1ccc(NC(=O)C=Cc2cccc(OC)c2OC)cc1S(=O)(=O)N1CCCCC1. The number of hydrogen-bond donors (Lipinski definition) is 1. The molecule has 1 saturated heterocycles. The molecule has 0 atom stereocenters. The number of methoxy groups -OCH3 is 3. The molecule has 2 aromatic carbocycles. The third-order valence-electron chi connectivity index (χ3n) is 5.21. The van der Waals surface area contributed by atoms with Crippen molar-refractivity contribution in [3.63, 3.8) is 0 Å². The zero-order chi connectivity index (χ0) is 23.1. The summed E-state index contributed by atoms with van der Waals surface area (Å²) < 4.78 is 43.6. The van der Waals surface area contributed by atoms with Gasteiger partial charge in [0.15, 0.2) is 11.5 Å². The topological polar surface area (TPSA) is 94.2 Å². The number of nitrogens with one attached hydrogen (secondary N) is 1. The first-order valence-corrected chi connectivity index (χ1v) is 11.7. The normalized spacial score (nSPS) is 14.8. The maximum Gasteiger partial charge on any atom is 0.248 e. The molecule has 0 saturated carbocycles. The first kappa shape index (κ1) is 23.6. The Bertz CT molecular complexity index is 1090. The largest absolute Gasteiger partial charge is 0.495 e. The van der Waals surface area contributed by atoms with Crippen LogP contribution in [0.2, 0.25) is 0 Å². The van der Waals surface area contributed by atoms with Gasteiger partial charge in [0.2, 0.25) is 15.9 Å². The van der Waals surface area contributed by atoms with Gasteiger partial charge in [-0.2, -0.15) is 4.31 Å². The molecule has 0 unspecified atom stereocenters. The number of nitrogens with zero attached hydrogens (tertiary/aromatic N) is 1. The van der Waals surface area contributed by atoms with Gasteiger partial charge in [-0.15, -0.1) is 0 Å². The number of amides is 1. The van der Waals surface area contributed by atoms with E-state index < -0.39 is 15.9 Å². The molecule has 1 aliphatic heterocycles. The van der Waals surface area contributed by atoms with E-state index in [2.05, 4.69) is 5.32 Å². The van der Waals surface area contributed by atoms with E-state index in [-0.39, 0.29) is 10.6 Å². The van der Waals surface area contributed by atoms with Crippen molar-refractivity contribution >= 4 is 27.7 Å². The molecule has 2 aromatic rings. The number of hydrogen-bond acceptors (Lipinski definition) is 6. The van der Waals surface area contributed by atoms with Crippen LogP contribution >= 0.6 is 0 Å². The predicted molar refractivity (Wildman–Crippen MR) is 123 cm³/mol. The molecule has 1 fully saturated rings. The molecule has 0 aliphatic carbocycles. The first-order valence-electron chi connectivity index (χ1n) is 10.3. The van der Waals surface area contributed by atoms with Gasteiger partial charge in [-0.1, -0.05) is 18.6 Å². The zero-order valence-electron chi connectivity index (χ0n) is 18.5. The van der Waals surface area contributed by atoms with Crippen molar-refractivity contribution in [2.24, 2.45) is 0 Å². The van der Waals surface area contributed by atoms with E-state index in [4.69, 9.17) is 14.2 Å². The number of sulfonamides is 1. The third kappa shape index (κ3) is 5.23. The van der Waals surface area contributed by atoms with Crippen molar-refractivity contribution in [2.45, 2.75) is 24.2 Å². The summed E-state index contributed by atoms with van der Waals surface area (Å²) in [6.45, 7) is 0.959. The van der Waals surface area contributed by atoms with E-state index in [1.165, 1.54) is 37.8 Å². The van der Waals surface area contributed by atoms with Crippen LogP contribution in [0.4, 0.5) is 5.69 Å². The van der Waals surface area contributed by atoms with Gasteiger partial charge in [0.05, 0.1) is 21.3 Å².